The van der Waals surface area contributed by atoms with Crippen molar-refractivity contribution in [3.63, 3.8) is 0 Å². The largest absolute Gasteiger partial charge is 0.349 e. The molecule has 0 amide bonds. The summed E-state index contributed by atoms with van der Waals surface area (Å²) in [6, 6.07) is 0. The van der Waals surface area contributed by atoms with E-state index in [1.165, 1.54) is 6.42 Å². The van der Waals surface area contributed by atoms with Gasteiger partial charge in [-0.2, -0.15) is 0 Å². The molecule has 0 saturated carbocycles. The molecule has 2 heterocycles. The molecule has 1 aliphatic heterocycles. The first-order chi connectivity index (χ1) is 9.10. The molecule has 0 bridgehead atoms. The van der Waals surface area contributed by atoms with Crippen molar-refractivity contribution < 1.29 is 0 Å². The van der Waals surface area contributed by atoms with E-state index in [2.05, 4.69) is 39.3 Å². The number of hydrogen-bond donors (Lipinski definition) is 1. The molecule has 0 aromatic carbocycles. The lowest BCUT2D eigenvalue weighted by Crippen LogP contribution is -2.48. The van der Waals surface area contributed by atoms with Crippen molar-refractivity contribution in [1.82, 2.24) is 25.0 Å². The average molecular weight is 264 g/mol. The van der Waals surface area contributed by atoms with Gasteiger partial charge in [-0.25, -0.2) is 0 Å². The van der Waals surface area contributed by atoms with Crippen LogP contribution in [0.25, 0.3) is 0 Å². The first-order valence-corrected chi connectivity index (χ1v) is 6.88. The quantitative estimate of drug-likeness (QED) is 0.636. The van der Waals surface area contributed by atoms with Gasteiger partial charge < -0.3 is 14.8 Å². The van der Waals surface area contributed by atoms with E-state index in [0.717, 1.165) is 36.7 Å². The minimum atomic E-state index is 0.655. The van der Waals surface area contributed by atoms with Gasteiger partial charge in [-0.3, -0.25) is 4.99 Å². The number of rotatable bonds is 2. The maximum Gasteiger partial charge on any atom is 0.194 e. The zero-order valence-electron chi connectivity index (χ0n) is 12.3. The minimum Gasteiger partial charge on any atom is -0.349 e. The summed E-state index contributed by atoms with van der Waals surface area (Å²) in [5, 5.41) is 11.3. The maximum absolute atomic E-state index is 4.38. The topological polar surface area (TPSA) is 58.3 Å². The van der Waals surface area contributed by atoms with Gasteiger partial charge in [0.2, 0.25) is 0 Å². The van der Waals surface area contributed by atoms with Gasteiger partial charge in [0.25, 0.3) is 0 Å². The Kier molecular flexibility index (Phi) is 4.39. The predicted octanol–water partition coefficient (Wildman–Crippen LogP) is 0.868. The zero-order chi connectivity index (χ0) is 13.8. The SMILES string of the molecule is CN=C(NCc1nncn1C)N1CC(C)CC(C)C1. The van der Waals surface area contributed by atoms with Crippen LogP contribution in [0, 0.1) is 11.8 Å². The third-order valence-corrected chi connectivity index (χ3v) is 3.59. The van der Waals surface area contributed by atoms with Crippen molar-refractivity contribution in [2.45, 2.75) is 26.8 Å². The maximum atomic E-state index is 4.38. The highest BCUT2D eigenvalue weighted by Gasteiger charge is 2.24. The fraction of sp³-hybridized carbons (Fsp3) is 0.769. The molecule has 0 aliphatic carbocycles. The number of nitrogens with zero attached hydrogens (tertiary/aromatic N) is 5. The van der Waals surface area contributed by atoms with Crippen LogP contribution >= 0.6 is 0 Å². The molecule has 0 spiro atoms. The van der Waals surface area contributed by atoms with Gasteiger partial charge in [0.15, 0.2) is 11.8 Å². The summed E-state index contributed by atoms with van der Waals surface area (Å²) in [6.07, 6.45) is 3.02. The van der Waals surface area contributed by atoms with Crippen molar-refractivity contribution in [1.29, 1.82) is 0 Å². The zero-order valence-corrected chi connectivity index (χ0v) is 12.3. The number of likely N-dealkylation sites (tertiary alicyclic amines) is 1. The Labute approximate surface area is 114 Å². The highest BCUT2D eigenvalue weighted by molar-refractivity contribution is 5.79. The van der Waals surface area contributed by atoms with E-state index in [-0.39, 0.29) is 0 Å². The summed E-state index contributed by atoms with van der Waals surface area (Å²) in [5.74, 6) is 3.31. The molecule has 0 radical (unpaired) electrons. The van der Waals surface area contributed by atoms with Gasteiger partial charge in [0.1, 0.15) is 6.33 Å². The molecule has 6 heteroatoms. The summed E-state index contributed by atoms with van der Waals surface area (Å²) in [4.78, 5) is 6.73. The molecule has 106 valence electrons. The van der Waals surface area contributed by atoms with E-state index < -0.39 is 0 Å². The van der Waals surface area contributed by atoms with E-state index in [1.807, 2.05) is 18.7 Å². The van der Waals surface area contributed by atoms with Gasteiger partial charge in [-0.1, -0.05) is 13.8 Å². The van der Waals surface area contributed by atoms with Crippen molar-refractivity contribution in [3.05, 3.63) is 12.2 Å². The normalized spacial score (nSPS) is 24.6. The van der Waals surface area contributed by atoms with Gasteiger partial charge in [0, 0.05) is 27.2 Å². The number of aliphatic imine (C=N–C) groups is 1. The second kappa shape index (κ2) is 6.04. The third-order valence-electron chi connectivity index (χ3n) is 3.59. The summed E-state index contributed by atoms with van der Waals surface area (Å²) in [6.45, 7) is 7.41. The highest BCUT2D eigenvalue weighted by atomic mass is 15.3. The molecular weight excluding hydrogens is 240 g/mol. The number of guanidine groups is 1. The minimum absolute atomic E-state index is 0.655. The van der Waals surface area contributed by atoms with E-state index in [0.29, 0.717) is 6.54 Å². The van der Waals surface area contributed by atoms with Crippen LogP contribution in [0.2, 0.25) is 0 Å². The fourth-order valence-corrected chi connectivity index (χ4v) is 2.79. The Hall–Kier alpha value is -1.59. The number of hydrogen-bond acceptors (Lipinski definition) is 3. The molecular formula is C13H24N6. The Morgan fingerprint density at radius 1 is 1.42 bits per heavy atom. The standard InChI is InChI=1S/C13H24N6/c1-10-5-11(2)8-19(7-10)13(14-3)15-6-12-17-16-9-18(12)4/h9-11H,5-8H2,1-4H3,(H,14,15). The molecule has 6 nitrogen and oxygen atoms in total. The summed E-state index contributed by atoms with van der Waals surface area (Å²) in [5.41, 5.74) is 0. The molecule has 1 fully saturated rings. The average Bonchev–Trinajstić information content (AvgIpc) is 2.75. The second-order valence-corrected chi connectivity index (χ2v) is 5.61. The van der Waals surface area contributed by atoms with Gasteiger partial charge >= 0.3 is 0 Å². The van der Waals surface area contributed by atoms with Crippen LogP contribution in [0.5, 0.6) is 0 Å². The molecule has 1 aromatic rings. The van der Waals surface area contributed by atoms with Crippen molar-refractivity contribution in [3.8, 4) is 0 Å². The van der Waals surface area contributed by atoms with Crippen LogP contribution in [-0.2, 0) is 13.6 Å². The Morgan fingerprint density at radius 3 is 2.63 bits per heavy atom. The molecule has 1 aliphatic rings. The van der Waals surface area contributed by atoms with E-state index in [1.54, 1.807) is 6.33 Å². The Balaban J connectivity index is 1.95. The van der Waals surface area contributed by atoms with E-state index >= 15 is 0 Å². The van der Waals surface area contributed by atoms with E-state index in [9.17, 15) is 0 Å². The van der Waals surface area contributed by atoms with Crippen LogP contribution < -0.4 is 5.32 Å². The number of aryl methyl sites for hydroxylation is 1. The third kappa shape index (κ3) is 3.45. The molecule has 1 aromatic heterocycles. The van der Waals surface area contributed by atoms with E-state index in [4.69, 9.17) is 0 Å². The fourth-order valence-electron chi connectivity index (χ4n) is 2.79. The van der Waals surface area contributed by atoms with Crippen LogP contribution in [0.1, 0.15) is 26.1 Å². The Bertz CT molecular complexity index is 428. The lowest BCUT2D eigenvalue weighted by Gasteiger charge is -2.37. The molecule has 19 heavy (non-hydrogen) atoms. The smallest absolute Gasteiger partial charge is 0.194 e. The highest BCUT2D eigenvalue weighted by Crippen LogP contribution is 2.20. The number of piperidine rings is 1. The predicted molar refractivity (Wildman–Crippen MR) is 75.7 cm³/mol. The van der Waals surface area contributed by atoms with Crippen LogP contribution in [0.4, 0.5) is 0 Å². The Morgan fingerprint density at radius 2 is 2.11 bits per heavy atom. The van der Waals surface area contributed by atoms with Gasteiger partial charge in [-0.15, -0.1) is 10.2 Å². The molecule has 1 saturated heterocycles. The van der Waals surface area contributed by atoms with Crippen molar-refractivity contribution in [2.75, 3.05) is 20.1 Å². The molecule has 2 rings (SSSR count). The number of nitrogens with one attached hydrogen (secondary N) is 1. The lowest BCUT2D eigenvalue weighted by atomic mass is 9.92. The van der Waals surface area contributed by atoms with Gasteiger partial charge in [0.05, 0.1) is 6.54 Å². The van der Waals surface area contributed by atoms with Crippen molar-refractivity contribution in [2.24, 2.45) is 23.9 Å². The number of aromatic nitrogens is 3. The molecule has 2 atom stereocenters. The first-order valence-electron chi connectivity index (χ1n) is 6.88. The summed E-state index contributed by atoms with van der Waals surface area (Å²) < 4.78 is 1.92. The first kappa shape index (κ1) is 13.8. The second-order valence-electron chi connectivity index (χ2n) is 5.61. The lowest BCUT2D eigenvalue weighted by molar-refractivity contribution is 0.208. The summed E-state index contributed by atoms with van der Waals surface area (Å²) >= 11 is 0. The molecule has 1 N–H and O–H groups in total. The molecule has 2 unspecified atom stereocenters. The van der Waals surface area contributed by atoms with Gasteiger partial charge in [-0.05, 0) is 18.3 Å². The van der Waals surface area contributed by atoms with Crippen LogP contribution in [-0.4, -0.2) is 45.8 Å². The summed E-state index contributed by atoms with van der Waals surface area (Å²) in [7, 11) is 3.79. The van der Waals surface area contributed by atoms with Crippen LogP contribution in [0.15, 0.2) is 11.3 Å². The monoisotopic (exact) mass is 264 g/mol. The van der Waals surface area contributed by atoms with Crippen molar-refractivity contribution >= 4 is 5.96 Å². The van der Waals surface area contributed by atoms with Crippen LogP contribution in [0.3, 0.4) is 0 Å².